The van der Waals surface area contributed by atoms with Gasteiger partial charge in [-0.25, -0.2) is 0 Å². The van der Waals surface area contributed by atoms with E-state index in [1.807, 2.05) is 6.20 Å². The molecular weight excluding hydrogens is 567 g/mol. The fraction of sp³-hybridized carbons (Fsp3) is 0.312. The molecule has 0 amide bonds. The zero-order valence-electron chi connectivity index (χ0n) is 23.4. The molecule has 10 heteroatoms. The second-order valence-corrected chi connectivity index (χ2v) is 12.8. The van der Waals surface area contributed by atoms with E-state index in [-0.39, 0.29) is 17.7 Å². The largest absolute Gasteiger partial charge is 0.378 e. The zero-order chi connectivity index (χ0) is 28.5. The second kappa shape index (κ2) is 12.1. The fourth-order valence-electron chi connectivity index (χ4n) is 5.58. The fourth-order valence-corrected chi connectivity index (χ4v) is 7.99. The molecule has 42 heavy (non-hydrogen) atoms. The third-order valence-corrected chi connectivity index (χ3v) is 10.3. The number of hydrogen-bond donors (Lipinski definition) is 3. The van der Waals surface area contributed by atoms with Crippen molar-refractivity contribution in [3.8, 4) is 11.3 Å². The third kappa shape index (κ3) is 5.82. The van der Waals surface area contributed by atoms with Crippen LogP contribution >= 0.6 is 23.5 Å². The summed E-state index contributed by atoms with van der Waals surface area (Å²) in [7, 11) is 0. The smallest absolute Gasteiger partial charge is 0.250 e. The average Bonchev–Trinajstić information content (AvgIpc) is 3.03. The second-order valence-electron chi connectivity index (χ2n) is 10.7. The highest BCUT2D eigenvalue weighted by molar-refractivity contribution is 8.05. The third-order valence-electron chi connectivity index (χ3n) is 7.75. The van der Waals surface area contributed by atoms with Gasteiger partial charge < -0.3 is 30.0 Å². The van der Waals surface area contributed by atoms with Gasteiger partial charge in [0.1, 0.15) is 0 Å². The number of rotatable bonds is 6. The topological polar surface area (TPSA) is 91.5 Å². The molecule has 4 aromatic rings. The molecule has 0 radical (unpaired) electrons. The number of fused-ring (bicyclic) bond motifs is 2. The van der Waals surface area contributed by atoms with Gasteiger partial charge in [0.15, 0.2) is 0 Å². The van der Waals surface area contributed by atoms with Crippen LogP contribution in [-0.4, -0.2) is 62.1 Å². The summed E-state index contributed by atoms with van der Waals surface area (Å²) < 4.78 is 11.7. The van der Waals surface area contributed by atoms with Gasteiger partial charge in [-0.05, 0) is 48.9 Å². The number of nitrogens with zero attached hydrogens (tertiary/aromatic N) is 2. The summed E-state index contributed by atoms with van der Waals surface area (Å²) in [6.07, 6.45) is 1.89. The molecule has 0 spiro atoms. The van der Waals surface area contributed by atoms with E-state index in [9.17, 15) is 4.79 Å². The Morgan fingerprint density at radius 1 is 1.00 bits per heavy atom. The van der Waals surface area contributed by atoms with Gasteiger partial charge in [-0.1, -0.05) is 41.7 Å². The van der Waals surface area contributed by atoms with E-state index in [4.69, 9.17) is 14.5 Å². The summed E-state index contributed by atoms with van der Waals surface area (Å²) in [5, 5.41) is 7.19. The Bertz CT molecular complexity index is 1630. The highest BCUT2D eigenvalue weighted by Gasteiger charge is 2.28. The summed E-state index contributed by atoms with van der Waals surface area (Å²) in [6.45, 7) is 7.30. The number of hydrogen-bond acceptors (Lipinski definition) is 9. The van der Waals surface area contributed by atoms with E-state index in [1.165, 1.54) is 14.7 Å². The predicted octanol–water partition coefficient (Wildman–Crippen LogP) is 5.34. The van der Waals surface area contributed by atoms with Crippen LogP contribution in [-0.2, 0) is 9.47 Å². The summed E-state index contributed by atoms with van der Waals surface area (Å²) in [4.78, 5) is 27.5. The SMILES string of the molecule is Cc1ccc(C(Nc2ccc3c(c2)Sc2cccc(-c4cc(N5CCOCC5)cc(=O)[nH]4)c2S3)[C@H]2CNCCO2)nc1. The van der Waals surface area contributed by atoms with Crippen LogP contribution < -0.4 is 21.1 Å². The Balaban J connectivity index is 1.16. The number of aromatic amines is 1. The molecule has 3 N–H and O–H groups in total. The molecule has 2 atom stereocenters. The summed E-state index contributed by atoms with van der Waals surface area (Å²) in [6, 6.07) is 20.8. The number of aryl methyl sites for hydroxylation is 1. The Morgan fingerprint density at radius 3 is 2.71 bits per heavy atom. The molecule has 0 aliphatic carbocycles. The average molecular weight is 600 g/mol. The van der Waals surface area contributed by atoms with Gasteiger partial charge in [0, 0.05) is 75.0 Å². The van der Waals surface area contributed by atoms with Crippen LogP contribution in [0.15, 0.2) is 91.2 Å². The first-order valence-corrected chi connectivity index (χ1v) is 16.0. The van der Waals surface area contributed by atoms with Gasteiger partial charge in [0.25, 0.3) is 0 Å². The molecule has 7 rings (SSSR count). The van der Waals surface area contributed by atoms with Gasteiger partial charge in [0.05, 0.1) is 43.4 Å². The molecule has 2 aromatic carbocycles. The number of ether oxygens (including phenoxy) is 2. The minimum atomic E-state index is -0.0917. The normalized spacial score (nSPS) is 19.1. The van der Waals surface area contributed by atoms with Crippen LogP contribution in [0.4, 0.5) is 11.4 Å². The standard InChI is InChI=1S/C32H33N5O3S2/c1-20-5-7-24(34-18-20)31(26-19-33-9-12-40-26)35-21-6-8-27-29(15-21)41-28-4-2-3-23(32(28)42-27)25-16-22(17-30(38)36-25)37-10-13-39-14-11-37/h2-8,15-18,26,31,33,35H,9-14,19H2,1H3,(H,36,38)/t26-,31?/m1/s1. The molecule has 216 valence electrons. The molecule has 3 aliphatic rings. The maximum atomic E-state index is 12.7. The zero-order valence-corrected chi connectivity index (χ0v) is 25.0. The molecule has 1 unspecified atom stereocenters. The Hall–Kier alpha value is -3.28. The highest BCUT2D eigenvalue weighted by atomic mass is 32.2. The molecule has 0 saturated carbocycles. The van der Waals surface area contributed by atoms with E-state index < -0.39 is 0 Å². The van der Waals surface area contributed by atoms with Crippen molar-refractivity contribution in [1.82, 2.24) is 15.3 Å². The van der Waals surface area contributed by atoms with Gasteiger partial charge in [0.2, 0.25) is 5.56 Å². The maximum Gasteiger partial charge on any atom is 0.250 e. The maximum absolute atomic E-state index is 12.7. The van der Waals surface area contributed by atoms with Crippen molar-refractivity contribution in [2.24, 2.45) is 0 Å². The van der Waals surface area contributed by atoms with Crippen LogP contribution in [0.2, 0.25) is 0 Å². The minimum Gasteiger partial charge on any atom is -0.378 e. The summed E-state index contributed by atoms with van der Waals surface area (Å²) in [5.41, 5.74) is 5.86. The van der Waals surface area contributed by atoms with E-state index in [1.54, 1.807) is 29.6 Å². The van der Waals surface area contributed by atoms with Crippen molar-refractivity contribution in [1.29, 1.82) is 0 Å². The number of H-pyrrole nitrogens is 1. The molecule has 3 aliphatic heterocycles. The molecule has 8 nitrogen and oxygen atoms in total. The molecule has 0 bridgehead atoms. The quantitative estimate of drug-likeness (QED) is 0.239. The van der Waals surface area contributed by atoms with Gasteiger partial charge in [-0.15, -0.1) is 0 Å². The first kappa shape index (κ1) is 27.5. The lowest BCUT2D eigenvalue weighted by molar-refractivity contribution is 0.0157. The van der Waals surface area contributed by atoms with Crippen molar-refractivity contribution >= 4 is 34.9 Å². The number of morpholine rings is 2. The summed E-state index contributed by atoms with van der Waals surface area (Å²) in [5.74, 6) is 0. The lowest BCUT2D eigenvalue weighted by Crippen LogP contribution is -2.44. The highest BCUT2D eigenvalue weighted by Crippen LogP contribution is 2.52. The van der Waals surface area contributed by atoms with Crippen molar-refractivity contribution in [3.05, 3.63) is 88.5 Å². The van der Waals surface area contributed by atoms with Gasteiger partial charge in [-0.2, -0.15) is 0 Å². The minimum absolute atomic E-state index is 0.0225. The number of anilines is 2. The predicted molar refractivity (Wildman–Crippen MR) is 168 cm³/mol. The molecule has 2 aromatic heterocycles. The number of nitrogens with one attached hydrogen (secondary N) is 3. The van der Waals surface area contributed by atoms with E-state index in [0.29, 0.717) is 19.8 Å². The van der Waals surface area contributed by atoms with E-state index in [0.717, 1.165) is 65.0 Å². The molecular formula is C32H33N5O3S2. The first-order valence-electron chi connectivity index (χ1n) is 14.3. The Labute approximate surface area is 253 Å². The lowest BCUT2D eigenvalue weighted by atomic mass is 10.0. The van der Waals surface area contributed by atoms with Crippen molar-refractivity contribution in [2.75, 3.05) is 56.2 Å². The van der Waals surface area contributed by atoms with Crippen LogP contribution in [0.5, 0.6) is 0 Å². The molecule has 2 saturated heterocycles. The van der Waals surface area contributed by atoms with E-state index in [2.05, 4.69) is 82.0 Å². The van der Waals surface area contributed by atoms with Gasteiger partial charge in [-0.3, -0.25) is 9.78 Å². The Morgan fingerprint density at radius 2 is 1.90 bits per heavy atom. The van der Waals surface area contributed by atoms with Crippen LogP contribution in [0.25, 0.3) is 11.3 Å². The lowest BCUT2D eigenvalue weighted by Gasteiger charge is -2.32. The summed E-state index contributed by atoms with van der Waals surface area (Å²) >= 11 is 3.52. The van der Waals surface area contributed by atoms with Crippen molar-refractivity contribution in [3.63, 3.8) is 0 Å². The van der Waals surface area contributed by atoms with Crippen molar-refractivity contribution < 1.29 is 9.47 Å². The van der Waals surface area contributed by atoms with Gasteiger partial charge >= 0.3 is 0 Å². The van der Waals surface area contributed by atoms with Crippen molar-refractivity contribution in [2.45, 2.75) is 38.7 Å². The van der Waals surface area contributed by atoms with Crippen LogP contribution in [0.3, 0.4) is 0 Å². The first-order chi connectivity index (χ1) is 20.6. The Kier molecular flexibility index (Phi) is 7.96. The number of benzene rings is 2. The van der Waals surface area contributed by atoms with Crippen LogP contribution in [0, 0.1) is 6.92 Å². The van der Waals surface area contributed by atoms with E-state index >= 15 is 0 Å². The number of aromatic nitrogens is 2. The monoisotopic (exact) mass is 599 g/mol. The number of pyridine rings is 2. The van der Waals surface area contributed by atoms with Crippen LogP contribution in [0.1, 0.15) is 17.3 Å². The molecule has 5 heterocycles. The molecule has 2 fully saturated rings.